The fourth-order valence-corrected chi connectivity index (χ4v) is 4.14. The van der Waals surface area contributed by atoms with E-state index in [1.54, 1.807) is 0 Å². The average Bonchev–Trinajstić information content (AvgIpc) is 3.13. The van der Waals surface area contributed by atoms with Crippen LogP contribution in [0.4, 0.5) is 0 Å². The van der Waals surface area contributed by atoms with E-state index in [4.69, 9.17) is 4.74 Å². The summed E-state index contributed by atoms with van der Waals surface area (Å²) >= 11 is 0. The zero-order valence-electron chi connectivity index (χ0n) is 13.6. The Morgan fingerprint density at radius 3 is 2.59 bits per heavy atom. The predicted octanol–water partition coefficient (Wildman–Crippen LogP) is 1.30. The number of ether oxygens (including phenoxy) is 1. The maximum absolute atomic E-state index is 12.1. The Labute approximate surface area is 133 Å². The van der Waals surface area contributed by atoms with Gasteiger partial charge in [0.25, 0.3) is 0 Å². The van der Waals surface area contributed by atoms with Crippen molar-refractivity contribution < 1.29 is 14.6 Å². The van der Waals surface area contributed by atoms with E-state index < -0.39 is 5.60 Å². The highest BCUT2D eigenvalue weighted by molar-refractivity contribution is 5.77. The van der Waals surface area contributed by atoms with Crippen LogP contribution in [0.2, 0.25) is 0 Å². The molecule has 1 aliphatic carbocycles. The summed E-state index contributed by atoms with van der Waals surface area (Å²) in [7, 11) is 0. The second-order valence-corrected chi connectivity index (χ2v) is 7.48. The van der Waals surface area contributed by atoms with Crippen LogP contribution >= 0.6 is 0 Å². The maximum atomic E-state index is 12.1. The molecule has 1 amide bonds. The largest absolute Gasteiger partial charge is 0.389 e. The van der Waals surface area contributed by atoms with Crippen molar-refractivity contribution in [2.75, 3.05) is 32.8 Å². The summed E-state index contributed by atoms with van der Waals surface area (Å²) in [5.74, 6) is 0.731. The molecule has 2 aliphatic heterocycles. The number of aliphatic hydroxyl groups is 1. The molecule has 5 nitrogen and oxygen atoms in total. The zero-order valence-corrected chi connectivity index (χ0v) is 13.6. The molecule has 3 fully saturated rings. The molecule has 1 unspecified atom stereocenters. The van der Waals surface area contributed by atoms with Gasteiger partial charge in [0.2, 0.25) is 5.91 Å². The van der Waals surface area contributed by atoms with Crippen LogP contribution in [0.3, 0.4) is 0 Å². The number of likely N-dealkylation sites (tertiary alicyclic amines) is 1. The summed E-state index contributed by atoms with van der Waals surface area (Å²) in [4.78, 5) is 14.6. The zero-order chi connectivity index (χ0) is 15.4. The highest BCUT2D eigenvalue weighted by Crippen LogP contribution is 2.32. The van der Waals surface area contributed by atoms with Crippen molar-refractivity contribution in [3.63, 3.8) is 0 Å². The molecule has 1 atom stereocenters. The first-order chi connectivity index (χ1) is 10.6. The fourth-order valence-electron chi connectivity index (χ4n) is 4.14. The summed E-state index contributed by atoms with van der Waals surface area (Å²) in [6.45, 7) is 5.09. The first-order valence-electron chi connectivity index (χ1n) is 8.95. The first kappa shape index (κ1) is 16.2. The van der Waals surface area contributed by atoms with Gasteiger partial charge in [-0.1, -0.05) is 12.8 Å². The molecule has 0 spiro atoms. The van der Waals surface area contributed by atoms with Crippen molar-refractivity contribution in [1.29, 1.82) is 0 Å². The molecule has 2 saturated heterocycles. The van der Waals surface area contributed by atoms with E-state index in [9.17, 15) is 9.90 Å². The molecular formula is C17H30N2O3. The summed E-state index contributed by atoms with van der Waals surface area (Å²) in [6, 6.07) is 0.286. The topological polar surface area (TPSA) is 61.8 Å². The molecule has 3 rings (SSSR count). The van der Waals surface area contributed by atoms with Crippen LogP contribution in [-0.4, -0.2) is 60.4 Å². The van der Waals surface area contributed by atoms with Crippen LogP contribution in [0.1, 0.15) is 51.4 Å². The van der Waals surface area contributed by atoms with Gasteiger partial charge in [0, 0.05) is 32.3 Å². The Bertz CT molecular complexity index is 368. The van der Waals surface area contributed by atoms with Crippen LogP contribution in [0.5, 0.6) is 0 Å². The molecule has 126 valence electrons. The molecule has 22 heavy (non-hydrogen) atoms. The minimum atomic E-state index is -0.729. The van der Waals surface area contributed by atoms with Crippen LogP contribution in [0, 0.1) is 5.92 Å². The number of amides is 1. The van der Waals surface area contributed by atoms with Crippen LogP contribution in [0.15, 0.2) is 0 Å². The third kappa shape index (κ3) is 4.43. The van der Waals surface area contributed by atoms with Crippen molar-refractivity contribution in [3.05, 3.63) is 0 Å². The predicted molar refractivity (Wildman–Crippen MR) is 84.6 cm³/mol. The van der Waals surface area contributed by atoms with E-state index in [0.29, 0.717) is 5.92 Å². The van der Waals surface area contributed by atoms with Gasteiger partial charge in [-0.05, 0) is 38.0 Å². The van der Waals surface area contributed by atoms with Gasteiger partial charge in [-0.25, -0.2) is 0 Å². The molecule has 1 saturated carbocycles. The molecule has 0 bridgehead atoms. The quantitative estimate of drug-likeness (QED) is 0.803. The Morgan fingerprint density at radius 2 is 1.95 bits per heavy atom. The summed E-state index contributed by atoms with van der Waals surface area (Å²) in [5.41, 5.74) is -0.729. The number of hydrogen-bond acceptors (Lipinski definition) is 4. The van der Waals surface area contributed by atoms with Gasteiger partial charge in [0.05, 0.1) is 18.6 Å². The lowest BCUT2D eigenvalue weighted by Crippen LogP contribution is -2.47. The lowest BCUT2D eigenvalue weighted by atomic mass is 9.96. The first-order valence-corrected chi connectivity index (χ1v) is 8.95. The number of hydrogen-bond donors (Lipinski definition) is 2. The highest BCUT2D eigenvalue weighted by atomic mass is 16.5. The summed E-state index contributed by atoms with van der Waals surface area (Å²) in [6.07, 6.45) is 7.18. The summed E-state index contributed by atoms with van der Waals surface area (Å²) in [5, 5.41) is 13.4. The van der Waals surface area contributed by atoms with Crippen molar-refractivity contribution in [2.45, 2.75) is 63.0 Å². The third-order valence-electron chi connectivity index (χ3n) is 5.52. The number of piperidine rings is 1. The Kier molecular flexibility index (Phi) is 5.37. The monoisotopic (exact) mass is 310 g/mol. The molecule has 0 aromatic heterocycles. The number of nitrogens with one attached hydrogen (secondary N) is 1. The van der Waals surface area contributed by atoms with E-state index in [2.05, 4.69) is 10.2 Å². The standard InChI is InChI=1S/C17H30N2O3/c20-16(11-17(21)6-1-2-7-17)18-15-3-8-19(9-4-15)12-14-5-10-22-13-14/h14-15,21H,1-13H2,(H,18,20). The molecule has 0 radical (unpaired) electrons. The molecule has 2 heterocycles. The second-order valence-electron chi connectivity index (χ2n) is 7.48. The van der Waals surface area contributed by atoms with Gasteiger partial charge in [0.15, 0.2) is 0 Å². The Balaban J connectivity index is 1.35. The second kappa shape index (κ2) is 7.28. The molecule has 0 aromatic rings. The van der Waals surface area contributed by atoms with Crippen molar-refractivity contribution in [1.82, 2.24) is 10.2 Å². The fraction of sp³-hybridized carbons (Fsp3) is 0.941. The van der Waals surface area contributed by atoms with Gasteiger partial charge >= 0.3 is 0 Å². The molecular weight excluding hydrogens is 280 g/mol. The number of rotatable bonds is 5. The average molecular weight is 310 g/mol. The van der Waals surface area contributed by atoms with Gasteiger partial charge in [-0.3, -0.25) is 4.79 Å². The molecule has 0 aromatic carbocycles. The minimum absolute atomic E-state index is 0.0343. The van der Waals surface area contributed by atoms with Gasteiger partial charge in [0.1, 0.15) is 0 Å². The van der Waals surface area contributed by atoms with Crippen LogP contribution < -0.4 is 5.32 Å². The van der Waals surface area contributed by atoms with Crippen molar-refractivity contribution in [2.24, 2.45) is 5.92 Å². The van der Waals surface area contributed by atoms with E-state index in [1.807, 2.05) is 0 Å². The SMILES string of the molecule is O=C(CC1(O)CCCC1)NC1CCN(CC2CCOC2)CC1. The van der Waals surface area contributed by atoms with Crippen molar-refractivity contribution >= 4 is 5.91 Å². The lowest BCUT2D eigenvalue weighted by Gasteiger charge is -2.34. The number of nitrogens with zero attached hydrogens (tertiary/aromatic N) is 1. The highest BCUT2D eigenvalue weighted by Gasteiger charge is 2.34. The van der Waals surface area contributed by atoms with E-state index in [1.165, 1.54) is 6.42 Å². The Hall–Kier alpha value is -0.650. The minimum Gasteiger partial charge on any atom is -0.389 e. The lowest BCUT2D eigenvalue weighted by molar-refractivity contribution is -0.126. The molecule has 3 aliphatic rings. The van der Waals surface area contributed by atoms with Crippen LogP contribution in [-0.2, 0) is 9.53 Å². The molecule has 2 N–H and O–H groups in total. The van der Waals surface area contributed by atoms with Gasteiger partial charge < -0.3 is 20.1 Å². The normalized spacial score (nSPS) is 29.8. The van der Waals surface area contributed by atoms with Crippen LogP contribution in [0.25, 0.3) is 0 Å². The van der Waals surface area contributed by atoms with Gasteiger partial charge in [-0.15, -0.1) is 0 Å². The Morgan fingerprint density at radius 1 is 1.23 bits per heavy atom. The number of carbonyl (C=O) groups excluding carboxylic acids is 1. The third-order valence-corrected chi connectivity index (χ3v) is 5.52. The maximum Gasteiger partial charge on any atom is 0.223 e. The van der Waals surface area contributed by atoms with E-state index >= 15 is 0 Å². The van der Waals surface area contributed by atoms with E-state index in [-0.39, 0.29) is 18.4 Å². The smallest absolute Gasteiger partial charge is 0.223 e. The van der Waals surface area contributed by atoms with E-state index in [0.717, 1.165) is 71.4 Å². The van der Waals surface area contributed by atoms with Gasteiger partial charge in [-0.2, -0.15) is 0 Å². The number of carbonyl (C=O) groups is 1. The summed E-state index contributed by atoms with van der Waals surface area (Å²) < 4.78 is 5.44. The molecule has 5 heteroatoms. The van der Waals surface area contributed by atoms with Crippen molar-refractivity contribution in [3.8, 4) is 0 Å².